The predicted molar refractivity (Wildman–Crippen MR) is 247 cm³/mol. The van der Waals surface area contributed by atoms with Crippen LogP contribution in [0.2, 0.25) is 0 Å². The lowest BCUT2D eigenvalue weighted by molar-refractivity contribution is -0.581. The average Bonchev–Trinajstić information content (AvgIpc) is 3.39. The molecule has 2 aliphatic heterocycles. The lowest BCUT2D eigenvalue weighted by atomic mass is 9.79. The van der Waals surface area contributed by atoms with Crippen molar-refractivity contribution in [1.29, 1.82) is 0 Å². The molecule has 4 aromatic rings. The molecule has 63 heavy (non-hydrogen) atoms. The van der Waals surface area contributed by atoms with Crippen molar-refractivity contribution >= 4 is 66.8 Å². The third-order valence-corrected chi connectivity index (χ3v) is 13.6. The van der Waals surface area contributed by atoms with Crippen molar-refractivity contribution in [1.82, 2.24) is 0 Å². The Balaban J connectivity index is 1.19. The summed E-state index contributed by atoms with van der Waals surface area (Å²) < 4.78 is 0. The van der Waals surface area contributed by atoms with Crippen LogP contribution < -0.4 is 52.0 Å². The number of ketones is 2. The summed E-state index contributed by atoms with van der Waals surface area (Å²) in [5, 5.41) is 42.7. The second-order valence-electron chi connectivity index (χ2n) is 20.0. The molecule has 0 fully saturated rings. The van der Waals surface area contributed by atoms with Gasteiger partial charge in [-0.05, 0) is 94.0 Å². The number of anilines is 2. The zero-order valence-corrected chi connectivity index (χ0v) is 37.8. The highest BCUT2D eigenvalue weighted by atomic mass is 16.3. The summed E-state index contributed by atoms with van der Waals surface area (Å²) in [4.78, 5) is 36.6. The van der Waals surface area contributed by atoms with E-state index in [9.17, 15) is 19.8 Å². The molecule has 0 saturated heterocycles. The molecule has 8 heteroatoms. The van der Waals surface area contributed by atoms with Crippen LogP contribution in [0.1, 0.15) is 102 Å². The highest BCUT2D eigenvalue weighted by Gasteiger charge is 2.41. The van der Waals surface area contributed by atoms with E-state index in [-0.39, 0.29) is 51.3 Å². The number of benzene rings is 4. The molecule has 0 amide bonds. The number of hydrogen-bond acceptors (Lipinski definition) is 6. The standard InChI is InChI=1S/C55H54N4O4/c1-26(2)24-54(9)56-39-13-11-12-31-16-19-34(47(57-54)41(31)39)43-50(60)44(51(43)61)35-20-17-32-18-21-36(49-42(32)48(35)58-55(10,59-49)25-27(3)4)45-52(62)46(53(45)63)38-22-30(8)37-23-33(28(5)6)15-14-29(7)40(37)38/h11-23,26-28,56,58,60,62H,24-25H2,1-10H3/b43-34-,45-36-. The van der Waals surface area contributed by atoms with E-state index in [1.807, 2.05) is 75.4 Å². The second-order valence-corrected chi connectivity index (χ2v) is 20.0. The minimum absolute atomic E-state index is 0.126. The zero-order chi connectivity index (χ0) is 44.6. The van der Waals surface area contributed by atoms with Gasteiger partial charge < -0.3 is 20.8 Å². The second kappa shape index (κ2) is 14.0. The molecule has 0 aromatic heterocycles. The van der Waals surface area contributed by atoms with Gasteiger partial charge in [0.1, 0.15) is 0 Å². The van der Waals surface area contributed by atoms with Crippen molar-refractivity contribution in [2.45, 2.75) is 99.3 Å². The van der Waals surface area contributed by atoms with Crippen molar-refractivity contribution < 1.29 is 29.8 Å². The van der Waals surface area contributed by atoms with Crippen LogP contribution in [0.5, 0.6) is 0 Å². The van der Waals surface area contributed by atoms with Crippen molar-refractivity contribution in [2.75, 3.05) is 10.6 Å². The SMILES string of the molecule is Cc1cc(C2=C([O-])/C(=c3\ccc4ccc(C5=C([O-])/C(=c6\ccc7cccc8c7c6=[NH+]C(C)(CC(C)C)N8)C5=O)c5c4c3=[NH+]C(C)(CC(C)C)N5)C2=O)c2c(C)ccc(C(C)C)cc1-2. The fraction of sp³-hybridized carbons (Fsp3) is 0.309. The van der Waals surface area contributed by atoms with Gasteiger partial charge in [0, 0.05) is 54.5 Å². The number of Topliss-reactive ketones (excluding diaryl/α,β-unsaturated/α-hetero) is 2. The van der Waals surface area contributed by atoms with Gasteiger partial charge >= 0.3 is 0 Å². The molecule has 2 atom stereocenters. The molecule has 0 saturated carbocycles. The summed E-state index contributed by atoms with van der Waals surface area (Å²) in [5.74, 6) is -0.226. The number of aryl methyl sites for hydroxylation is 2. The van der Waals surface area contributed by atoms with Gasteiger partial charge in [0.05, 0.1) is 32.6 Å². The van der Waals surface area contributed by atoms with E-state index in [0.717, 1.165) is 61.3 Å². The molecule has 4 aliphatic carbocycles. The van der Waals surface area contributed by atoms with Crippen molar-refractivity contribution in [3.63, 3.8) is 0 Å². The molecule has 2 unspecified atom stereocenters. The minimum Gasteiger partial charge on any atom is -0.871 e. The van der Waals surface area contributed by atoms with Crippen LogP contribution in [0.25, 0.3) is 55.0 Å². The van der Waals surface area contributed by atoms with Crippen molar-refractivity contribution in [3.05, 3.63) is 139 Å². The largest absolute Gasteiger partial charge is 0.871 e. The molecular formula is C55H54N4O4. The molecule has 318 valence electrons. The van der Waals surface area contributed by atoms with Gasteiger partial charge in [-0.25, -0.2) is 9.98 Å². The van der Waals surface area contributed by atoms with E-state index in [4.69, 9.17) is 0 Å². The Morgan fingerprint density at radius 2 is 1.14 bits per heavy atom. The highest BCUT2D eigenvalue weighted by Crippen LogP contribution is 2.45. The molecule has 6 aliphatic rings. The fourth-order valence-electron chi connectivity index (χ4n) is 11.1. The topological polar surface area (TPSA) is 132 Å². The molecule has 0 radical (unpaired) electrons. The van der Waals surface area contributed by atoms with E-state index in [1.54, 1.807) is 0 Å². The maximum atomic E-state index is 14.7. The monoisotopic (exact) mass is 834 g/mol. The van der Waals surface area contributed by atoms with E-state index < -0.39 is 11.3 Å². The first-order valence-corrected chi connectivity index (χ1v) is 22.4. The number of hydrogen-bond donors (Lipinski definition) is 4. The lowest BCUT2D eigenvalue weighted by Crippen LogP contribution is -2.95. The van der Waals surface area contributed by atoms with Gasteiger partial charge in [-0.1, -0.05) is 114 Å². The van der Waals surface area contributed by atoms with Crippen molar-refractivity contribution in [3.8, 4) is 11.1 Å². The van der Waals surface area contributed by atoms with Gasteiger partial charge in [-0.3, -0.25) is 9.59 Å². The maximum Gasteiger partial charge on any atom is 0.231 e. The summed E-state index contributed by atoms with van der Waals surface area (Å²) in [6.07, 6.45) is 1.49. The molecule has 8 nitrogen and oxygen atoms in total. The molecule has 0 bridgehead atoms. The number of fused-ring (bicyclic) bond motifs is 1. The lowest BCUT2D eigenvalue weighted by Gasteiger charge is -2.35. The number of carbonyl (C=O) groups is 2. The molecule has 10 rings (SSSR count). The van der Waals surface area contributed by atoms with Crippen LogP contribution in [0.3, 0.4) is 0 Å². The van der Waals surface area contributed by atoms with Crippen LogP contribution in [0.4, 0.5) is 11.4 Å². The van der Waals surface area contributed by atoms with E-state index >= 15 is 0 Å². The maximum absolute atomic E-state index is 14.7. The Morgan fingerprint density at radius 1 is 0.587 bits per heavy atom. The van der Waals surface area contributed by atoms with E-state index in [0.29, 0.717) is 50.9 Å². The molecule has 0 spiro atoms. The van der Waals surface area contributed by atoms with Crippen LogP contribution in [0, 0.1) is 25.7 Å². The number of carbonyl (C=O) groups excluding carboxylic acids is 2. The third kappa shape index (κ3) is 6.08. The smallest absolute Gasteiger partial charge is 0.231 e. The Labute approximate surface area is 367 Å². The first-order valence-electron chi connectivity index (χ1n) is 22.4. The number of rotatable bonds is 7. The molecular weight excluding hydrogens is 781 g/mol. The summed E-state index contributed by atoms with van der Waals surface area (Å²) in [6.45, 7) is 21.2. The van der Waals surface area contributed by atoms with Crippen LogP contribution in [-0.2, 0) is 9.59 Å². The van der Waals surface area contributed by atoms with E-state index in [2.05, 4.69) is 93.4 Å². The van der Waals surface area contributed by atoms with Crippen LogP contribution >= 0.6 is 0 Å². The zero-order valence-electron chi connectivity index (χ0n) is 37.8. The first-order chi connectivity index (χ1) is 29.9. The Hall–Kier alpha value is -6.54. The quantitative estimate of drug-likeness (QED) is 0.195. The predicted octanol–water partition coefficient (Wildman–Crippen LogP) is 3.62. The Bertz CT molecular complexity index is 3390. The Kier molecular flexibility index (Phi) is 9.00. The average molecular weight is 835 g/mol. The van der Waals surface area contributed by atoms with Crippen LogP contribution in [0.15, 0.2) is 90.4 Å². The van der Waals surface area contributed by atoms with Crippen molar-refractivity contribution in [2.24, 2.45) is 11.8 Å². The van der Waals surface area contributed by atoms with Gasteiger partial charge in [0.2, 0.25) is 22.0 Å². The fourth-order valence-corrected chi connectivity index (χ4v) is 11.1. The van der Waals surface area contributed by atoms with Gasteiger partial charge in [0.25, 0.3) is 0 Å². The van der Waals surface area contributed by atoms with Gasteiger partial charge in [-0.2, -0.15) is 0 Å². The van der Waals surface area contributed by atoms with Gasteiger partial charge in [-0.15, -0.1) is 0 Å². The molecule has 4 N–H and O–H groups in total. The summed E-state index contributed by atoms with van der Waals surface area (Å²) in [7, 11) is 0. The van der Waals surface area contributed by atoms with E-state index in [1.165, 1.54) is 5.56 Å². The highest BCUT2D eigenvalue weighted by molar-refractivity contribution is 6.53. The normalized spacial score (nSPS) is 22.2. The summed E-state index contributed by atoms with van der Waals surface area (Å²) in [6, 6.07) is 25.9. The summed E-state index contributed by atoms with van der Waals surface area (Å²) >= 11 is 0. The summed E-state index contributed by atoms with van der Waals surface area (Å²) in [5.41, 5.74) is 7.42. The third-order valence-electron chi connectivity index (χ3n) is 13.6. The number of nitrogens with one attached hydrogen (secondary N) is 4. The Morgan fingerprint density at radius 3 is 1.73 bits per heavy atom. The first kappa shape index (κ1) is 40.5. The minimum atomic E-state index is -0.748. The molecule has 4 aromatic carbocycles. The van der Waals surface area contributed by atoms with Crippen LogP contribution in [-0.4, -0.2) is 22.9 Å². The number of allylic oxidation sites excluding steroid dienone is 4. The molecule has 2 heterocycles. The van der Waals surface area contributed by atoms with Gasteiger partial charge in [0.15, 0.2) is 11.6 Å².